The van der Waals surface area contributed by atoms with E-state index in [2.05, 4.69) is 4.74 Å². The van der Waals surface area contributed by atoms with Crippen molar-refractivity contribution in [2.45, 2.75) is 47.6 Å². The van der Waals surface area contributed by atoms with E-state index in [4.69, 9.17) is 23.2 Å². The summed E-state index contributed by atoms with van der Waals surface area (Å²) in [6.07, 6.45) is -7.86. The maximum atomic E-state index is 13.8. The maximum Gasteiger partial charge on any atom is 0.460 e. The first kappa shape index (κ1) is 32.1. The van der Waals surface area contributed by atoms with Crippen molar-refractivity contribution in [1.29, 1.82) is 0 Å². The standard InChI is InChI=1S/C15H3Cl2F17O2/c16-4-1-2-6(5(17)3-4)36-7(35)8(18,19)9(20,21)10(22,23)11(24,25)12(26,27)13(28,29)14(30,31)15(32,33)34/h1-3H. The van der Waals surface area contributed by atoms with Crippen molar-refractivity contribution in [2.24, 2.45) is 0 Å². The highest BCUT2D eigenvalue weighted by Crippen LogP contribution is 2.64. The SMILES string of the molecule is O=C(Oc1ccc(Cl)cc1Cl)C(F)(F)C(F)(F)C(F)(F)C(F)(F)C(F)(F)C(F)(F)C(F)(F)C(F)(F)F. The summed E-state index contributed by atoms with van der Waals surface area (Å²) in [5.74, 6) is -64.1. The lowest BCUT2D eigenvalue weighted by molar-refractivity contribution is -0.459. The van der Waals surface area contributed by atoms with Crippen molar-refractivity contribution in [1.82, 2.24) is 0 Å². The van der Waals surface area contributed by atoms with Gasteiger partial charge in [-0.1, -0.05) is 23.2 Å². The molecule has 0 fully saturated rings. The number of alkyl halides is 17. The molecule has 1 aromatic rings. The van der Waals surface area contributed by atoms with Crippen LogP contribution in [0.25, 0.3) is 0 Å². The number of rotatable bonds is 8. The molecule has 2 nitrogen and oxygen atoms in total. The Labute approximate surface area is 195 Å². The maximum absolute atomic E-state index is 13.8. The molecule has 0 saturated heterocycles. The van der Waals surface area contributed by atoms with Gasteiger partial charge in [-0.15, -0.1) is 0 Å². The summed E-state index contributed by atoms with van der Waals surface area (Å²) in [5, 5.41) is -1.34. The zero-order valence-corrected chi connectivity index (χ0v) is 17.2. The van der Waals surface area contributed by atoms with Gasteiger partial charge in [0.2, 0.25) is 0 Å². The minimum Gasteiger partial charge on any atom is -0.420 e. The number of hydrogen-bond donors (Lipinski definition) is 0. The topological polar surface area (TPSA) is 26.3 Å². The number of ether oxygens (including phenoxy) is 1. The largest absolute Gasteiger partial charge is 0.460 e. The molecule has 0 unspecified atom stereocenters. The molecule has 0 aliphatic rings. The molecule has 0 aliphatic carbocycles. The third-order valence-corrected chi connectivity index (χ3v) is 4.61. The van der Waals surface area contributed by atoms with Crippen LogP contribution in [-0.4, -0.2) is 53.6 Å². The van der Waals surface area contributed by atoms with Crippen LogP contribution in [0.15, 0.2) is 18.2 Å². The molecular weight excluding hydrogens is 606 g/mol. The predicted octanol–water partition coefficient (Wildman–Crippen LogP) is 7.91. The van der Waals surface area contributed by atoms with E-state index in [1.165, 1.54) is 0 Å². The van der Waals surface area contributed by atoms with Gasteiger partial charge in [-0.3, -0.25) is 0 Å². The van der Waals surface area contributed by atoms with Crippen molar-refractivity contribution in [3.63, 3.8) is 0 Å². The quantitative estimate of drug-likeness (QED) is 0.170. The summed E-state index contributed by atoms with van der Waals surface area (Å²) in [6, 6.07) is 1.52. The summed E-state index contributed by atoms with van der Waals surface area (Å²) in [5.41, 5.74) is 0. The Bertz CT molecular complexity index is 1000. The molecule has 1 rings (SSSR count). The summed E-state index contributed by atoms with van der Waals surface area (Å²) >= 11 is 10.6. The minimum absolute atomic E-state index is 0.331. The summed E-state index contributed by atoms with van der Waals surface area (Å²) in [7, 11) is 0. The van der Waals surface area contributed by atoms with Gasteiger partial charge < -0.3 is 4.74 Å². The van der Waals surface area contributed by atoms with Gasteiger partial charge in [-0.05, 0) is 18.2 Å². The fourth-order valence-electron chi connectivity index (χ4n) is 2.01. The fourth-order valence-corrected chi connectivity index (χ4v) is 2.46. The van der Waals surface area contributed by atoms with E-state index < -0.39 is 64.4 Å². The Balaban J connectivity index is 3.59. The number of benzene rings is 1. The van der Waals surface area contributed by atoms with Gasteiger partial charge in [0.25, 0.3) is 0 Å². The Morgan fingerprint density at radius 2 is 0.944 bits per heavy atom. The van der Waals surface area contributed by atoms with Gasteiger partial charge >= 0.3 is 53.6 Å². The number of halogens is 19. The third-order valence-electron chi connectivity index (χ3n) is 4.08. The van der Waals surface area contributed by atoms with E-state index in [9.17, 15) is 79.4 Å². The van der Waals surface area contributed by atoms with Crippen molar-refractivity contribution in [3.8, 4) is 5.75 Å². The molecule has 0 N–H and O–H groups in total. The smallest absolute Gasteiger partial charge is 0.420 e. The third kappa shape index (κ3) is 4.38. The lowest BCUT2D eigenvalue weighted by Crippen LogP contribution is -2.75. The molecule has 0 radical (unpaired) electrons. The average Bonchev–Trinajstić information content (AvgIpc) is 2.68. The fraction of sp³-hybridized carbons (Fsp3) is 0.533. The van der Waals surface area contributed by atoms with Crippen molar-refractivity contribution >= 4 is 29.2 Å². The van der Waals surface area contributed by atoms with Crippen LogP contribution in [0.3, 0.4) is 0 Å². The first-order valence-corrected chi connectivity index (χ1v) is 8.70. The predicted molar refractivity (Wildman–Crippen MR) is 82.8 cm³/mol. The lowest BCUT2D eigenvalue weighted by Gasteiger charge is -2.42. The highest BCUT2D eigenvalue weighted by Gasteiger charge is 2.96. The molecule has 0 saturated carbocycles. The number of carbonyl (C=O) groups excluding carboxylic acids is 1. The second-order valence-corrected chi connectivity index (χ2v) is 7.33. The van der Waals surface area contributed by atoms with Crippen LogP contribution in [0.1, 0.15) is 0 Å². The zero-order chi connectivity index (χ0) is 29.1. The first-order chi connectivity index (χ1) is 15.6. The summed E-state index contributed by atoms with van der Waals surface area (Å²) < 4.78 is 227. The molecule has 36 heavy (non-hydrogen) atoms. The van der Waals surface area contributed by atoms with Gasteiger partial charge in [0.05, 0.1) is 5.02 Å². The Hall–Kier alpha value is -1.92. The number of hydrogen-bond acceptors (Lipinski definition) is 2. The van der Waals surface area contributed by atoms with E-state index in [1.807, 2.05) is 0 Å². The molecule has 0 heterocycles. The van der Waals surface area contributed by atoms with Crippen molar-refractivity contribution in [2.75, 3.05) is 0 Å². The van der Waals surface area contributed by atoms with Gasteiger partial charge in [-0.2, -0.15) is 74.6 Å². The van der Waals surface area contributed by atoms with Crippen molar-refractivity contribution in [3.05, 3.63) is 28.2 Å². The molecule has 0 aromatic heterocycles. The minimum atomic E-state index is -8.80. The van der Waals surface area contributed by atoms with Crippen LogP contribution >= 0.6 is 23.2 Å². The van der Waals surface area contributed by atoms with E-state index >= 15 is 0 Å². The molecule has 0 bridgehead atoms. The summed E-state index contributed by atoms with van der Waals surface area (Å²) in [4.78, 5) is 11.3. The molecular formula is C15H3Cl2F17O2. The molecule has 208 valence electrons. The molecule has 0 atom stereocenters. The highest BCUT2D eigenvalue weighted by atomic mass is 35.5. The average molecular weight is 609 g/mol. The molecule has 0 spiro atoms. The normalized spacial score (nSPS) is 15.2. The zero-order valence-electron chi connectivity index (χ0n) is 15.7. The Kier molecular flexibility index (Phi) is 7.88. The van der Waals surface area contributed by atoms with Crippen LogP contribution in [0.2, 0.25) is 10.0 Å². The monoisotopic (exact) mass is 608 g/mol. The summed E-state index contributed by atoms with van der Waals surface area (Å²) in [6.45, 7) is 0. The van der Waals surface area contributed by atoms with Gasteiger partial charge in [0.1, 0.15) is 5.75 Å². The number of esters is 1. The van der Waals surface area contributed by atoms with Crippen LogP contribution < -0.4 is 4.74 Å². The van der Waals surface area contributed by atoms with E-state index in [1.54, 1.807) is 0 Å². The highest BCUT2D eigenvalue weighted by molar-refractivity contribution is 6.35. The van der Waals surface area contributed by atoms with Crippen LogP contribution in [-0.2, 0) is 4.79 Å². The van der Waals surface area contributed by atoms with Gasteiger partial charge in [-0.25, -0.2) is 4.79 Å². The van der Waals surface area contributed by atoms with E-state index in [0.29, 0.717) is 18.2 Å². The molecule has 21 heteroatoms. The molecule has 0 aliphatic heterocycles. The van der Waals surface area contributed by atoms with E-state index in [0.717, 1.165) is 0 Å². The van der Waals surface area contributed by atoms with Crippen LogP contribution in [0, 0.1) is 0 Å². The lowest BCUT2D eigenvalue weighted by atomic mass is 9.89. The van der Waals surface area contributed by atoms with Crippen molar-refractivity contribution < 1.29 is 84.2 Å². The van der Waals surface area contributed by atoms with Gasteiger partial charge in [0.15, 0.2) is 0 Å². The van der Waals surface area contributed by atoms with Crippen LogP contribution in [0.5, 0.6) is 5.75 Å². The Morgan fingerprint density at radius 1 is 0.583 bits per heavy atom. The molecule has 1 aromatic carbocycles. The van der Waals surface area contributed by atoms with Gasteiger partial charge in [0, 0.05) is 5.02 Å². The van der Waals surface area contributed by atoms with E-state index in [-0.39, 0.29) is 5.02 Å². The molecule has 0 amide bonds. The van der Waals surface area contributed by atoms with Crippen LogP contribution in [0.4, 0.5) is 74.6 Å². The second-order valence-electron chi connectivity index (χ2n) is 6.48. The second kappa shape index (κ2) is 8.83. The Morgan fingerprint density at radius 3 is 1.31 bits per heavy atom. The first-order valence-electron chi connectivity index (χ1n) is 7.94. The number of carbonyl (C=O) groups is 1.